The van der Waals surface area contributed by atoms with Gasteiger partial charge in [0.2, 0.25) is 5.88 Å². The predicted octanol–water partition coefficient (Wildman–Crippen LogP) is 3.99. The maximum Gasteiger partial charge on any atom is 0.416 e. The molecule has 0 atom stereocenters. The van der Waals surface area contributed by atoms with Crippen molar-refractivity contribution in [3.8, 4) is 11.6 Å². The molecule has 0 fully saturated rings. The van der Waals surface area contributed by atoms with Gasteiger partial charge in [-0.3, -0.25) is 0 Å². The number of benzene rings is 1. The minimum atomic E-state index is -4.37. The lowest BCUT2D eigenvalue weighted by atomic mass is 10.2. The predicted molar refractivity (Wildman–Crippen MR) is 72.1 cm³/mol. The zero-order chi connectivity index (χ0) is 15.6. The molecule has 0 bridgehead atoms. The highest BCUT2D eigenvalue weighted by Crippen LogP contribution is 2.31. The van der Waals surface area contributed by atoms with Crippen LogP contribution in [-0.4, -0.2) is 9.97 Å². The molecular formula is C14H14F3N3O. The largest absolute Gasteiger partial charge is 0.439 e. The van der Waals surface area contributed by atoms with E-state index in [1.807, 2.05) is 13.8 Å². The van der Waals surface area contributed by atoms with Crippen LogP contribution in [0.25, 0.3) is 0 Å². The van der Waals surface area contributed by atoms with Gasteiger partial charge in [0, 0.05) is 12.0 Å². The minimum absolute atomic E-state index is 0.0588. The van der Waals surface area contributed by atoms with Crippen molar-refractivity contribution in [3.05, 3.63) is 41.7 Å². The fourth-order valence-electron chi connectivity index (χ4n) is 1.60. The fraction of sp³-hybridized carbons (Fsp3) is 0.286. The first-order valence-electron chi connectivity index (χ1n) is 6.25. The first kappa shape index (κ1) is 15.1. The van der Waals surface area contributed by atoms with Crippen LogP contribution in [0.15, 0.2) is 30.3 Å². The van der Waals surface area contributed by atoms with E-state index < -0.39 is 11.7 Å². The normalized spacial score (nSPS) is 11.7. The van der Waals surface area contributed by atoms with Crippen molar-refractivity contribution in [1.29, 1.82) is 0 Å². The van der Waals surface area contributed by atoms with Gasteiger partial charge in [0.05, 0.1) is 5.56 Å². The number of anilines is 1. The summed E-state index contributed by atoms with van der Waals surface area (Å²) < 4.78 is 42.8. The van der Waals surface area contributed by atoms with Gasteiger partial charge in [0.1, 0.15) is 17.4 Å². The van der Waals surface area contributed by atoms with E-state index in [-0.39, 0.29) is 23.4 Å². The van der Waals surface area contributed by atoms with Gasteiger partial charge in [0.15, 0.2) is 0 Å². The molecule has 2 rings (SSSR count). The zero-order valence-corrected chi connectivity index (χ0v) is 11.5. The van der Waals surface area contributed by atoms with Crippen molar-refractivity contribution in [2.24, 2.45) is 0 Å². The van der Waals surface area contributed by atoms with Crippen LogP contribution in [0.2, 0.25) is 0 Å². The molecule has 4 nitrogen and oxygen atoms in total. The lowest BCUT2D eigenvalue weighted by Gasteiger charge is -2.10. The van der Waals surface area contributed by atoms with E-state index in [1.165, 1.54) is 18.2 Å². The van der Waals surface area contributed by atoms with E-state index in [9.17, 15) is 13.2 Å². The summed E-state index contributed by atoms with van der Waals surface area (Å²) >= 11 is 0. The highest BCUT2D eigenvalue weighted by molar-refractivity contribution is 5.37. The van der Waals surface area contributed by atoms with Gasteiger partial charge in [-0.15, -0.1) is 0 Å². The Morgan fingerprint density at radius 2 is 1.71 bits per heavy atom. The van der Waals surface area contributed by atoms with Crippen LogP contribution in [-0.2, 0) is 6.18 Å². The third-order valence-electron chi connectivity index (χ3n) is 2.66. The molecule has 1 aromatic carbocycles. The van der Waals surface area contributed by atoms with Crippen LogP contribution in [0, 0.1) is 0 Å². The SMILES string of the molecule is CC(C)c1nc(N)cc(Oc2ccc(C(F)(F)F)cc2)n1. The molecule has 112 valence electrons. The van der Waals surface area contributed by atoms with E-state index in [2.05, 4.69) is 9.97 Å². The number of aromatic nitrogens is 2. The molecule has 0 spiro atoms. The summed E-state index contributed by atoms with van der Waals surface area (Å²) in [5, 5.41) is 0. The third kappa shape index (κ3) is 3.84. The van der Waals surface area contributed by atoms with Crippen molar-refractivity contribution in [2.45, 2.75) is 25.9 Å². The van der Waals surface area contributed by atoms with Crippen molar-refractivity contribution in [2.75, 3.05) is 5.73 Å². The number of halogens is 3. The van der Waals surface area contributed by atoms with Crippen molar-refractivity contribution in [1.82, 2.24) is 9.97 Å². The Kier molecular flexibility index (Phi) is 4.02. The van der Waals surface area contributed by atoms with Crippen molar-refractivity contribution < 1.29 is 17.9 Å². The summed E-state index contributed by atoms with van der Waals surface area (Å²) in [4.78, 5) is 8.22. The number of nitrogens with zero attached hydrogens (tertiary/aromatic N) is 2. The first-order chi connectivity index (χ1) is 9.75. The summed E-state index contributed by atoms with van der Waals surface area (Å²) in [6.07, 6.45) is -4.37. The van der Waals surface area contributed by atoms with Crippen molar-refractivity contribution in [3.63, 3.8) is 0 Å². The monoisotopic (exact) mass is 297 g/mol. The number of nitrogen functional groups attached to an aromatic ring is 1. The molecule has 0 radical (unpaired) electrons. The molecule has 1 aromatic heterocycles. The molecule has 7 heteroatoms. The van der Waals surface area contributed by atoms with Gasteiger partial charge in [-0.05, 0) is 24.3 Å². The third-order valence-corrected chi connectivity index (χ3v) is 2.66. The Bertz CT molecular complexity index is 624. The van der Waals surface area contributed by atoms with Gasteiger partial charge < -0.3 is 10.5 Å². The zero-order valence-electron chi connectivity index (χ0n) is 11.5. The topological polar surface area (TPSA) is 61.0 Å². The number of ether oxygens (including phenoxy) is 1. The highest BCUT2D eigenvalue weighted by Gasteiger charge is 2.30. The van der Waals surface area contributed by atoms with Gasteiger partial charge in [-0.25, -0.2) is 4.98 Å². The second-order valence-corrected chi connectivity index (χ2v) is 4.77. The highest BCUT2D eigenvalue weighted by atomic mass is 19.4. The van der Waals surface area contributed by atoms with E-state index in [0.29, 0.717) is 5.82 Å². The molecule has 0 aliphatic rings. The molecule has 0 aliphatic heterocycles. The number of hydrogen-bond acceptors (Lipinski definition) is 4. The summed E-state index contributed by atoms with van der Waals surface area (Å²) in [6.45, 7) is 3.80. The average Bonchev–Trinajstić information content (AvgIpc) is 2.37. The Hall–Kier alpha value is -2.31. The molecule has 0 aliphatic carbocycles. The number of rotatable bonds is 3. The summed E-state index contributed by atoms with van der Waals surface area (Å²) in [5.41, 5.74) is 4.92. The van der Waals surface area contributed by atoms with E-state index in [1.54, 1.807) is 0 Å². The van der Waals surface area contributed by atoms with Gasteiger partial charge >= 0.3 is 6.18 Å². The van der Waals surface area contributed by atoms with Crippen LogP contribution in [0.3, 0.4) is 0 Å². The van der Waals surface area contributed by atoms with Crippen molar-refractivity contribution >= 4 is 5.82 Å². The molecule has 0 saturated carbocycles. The second-order valence-electron chi connectivity index (χ2n) is 4.77. The van der Waals surface area contributed by atoms with Gasteiger partial charge in [-0.1, -0.05) is 13.8 Å². The van der Waals surface area contributed by atoms with Gasteiger partial charge in [-0.2, -0.15) is 18.2 Å². The maximum atomic E-state index is 12.5. The Balaban J connectivity index is 2.22. The molecule has 21 heavy (non-hydrogen) atoms. The van der Waals surface area contributed by atoms with Crippen LogP contribution < -0.4 is 10.5 Å². The van der Waals surface area contributed by atoms with E-state index in [4.69, 9.17) is 10.5 Å². The van der Waals surface area contributed by atoms with Crippen LogP contribution in [0.5, 0.6) is 11.6 Å². The number of alkyl halides is 3. The lowest BCUT2D eigenvalue weighted by molar-refractivity contribution is -0.137. The maximum absolute atomic E-state index is 12.5. The summed E-state index contributed by atoms with van der Waals surface area (Å²) in [7, 11) is 0. The number of nitrogens with two attached hydrogens (primary N) is 1. The average molecular weight is 297 g/mol. The van der Waals surface area contributed by atoms with Crippen LogP contribution >= 0.6 is 0 Å². The molecular weight excluding hydrogens is 283 g/mol. The van der Waals surface area contributed by atoms with Crippen LogP contribution in [0.4, 0.5) is 19.0 Å². The summed E-state index contributed by atoms with van der Waals surface area (Å²) in [5.74, 6) is 1.26. The lowest BCUT2D eigenvalue weighted by Crippen LogP contribution is -2.04. The fourth-order valence-corrected chi connectivity index (χ4v) is 1.60. The first-order valence-corrected chi connectivity index (χ1v) is 6.25. The van der Waals surface area contributed by atoms with E-state index >= 15 is 0 Å². The number of hydrogen-bond donors (Lipinski definition) is 1. The Morgan fingerprint density at radius 1 is 1.10 bits per heavy atom. The van der Waals surface area contributed by atoms with Gasteiger partial charge in [0.25, 0.3) is 0 Å². The summed E-state index contributed by atoms with van der Waals surface area (Å²) in [6, 6.07) is 5.78. The smallest absolute Gasteiger partial charge is 0.416 e. The van der Waals surface area contributed by atoms with E-state index in [0.717, 1.165) is 12.1 Å². The Labute approximate surface area is 119 Å². The molecule has 2 N–H and O–H groups in total. The standard InChI is InChI=1S/C14H14F3N3O/c1-8(2)13-19-11(18)7-12(20-13)21-10-5-3-9(4-6-10)14(15,16)17/h3-8H,1-2H3,(H2,18,19,20). The Morgan fingerprint density at radius 3 is 2.24 bits per heavy atom. The molecule has 0 saturated heterocycles. The molecule has 2 aromatic rings. The second kappa shape index (κ2) is 5.59. The quantitative estimate of drug-likeness (QED) is 0.930. The van der Waals surface area contributed by atoms with Crippen LogP contribution in [0.1, 0.15) is 31.2 Å². The molecule has 0 amide bonds. The molecule has 0 unspecified atom stereocenters. The minimum Gasteiger partial charge on any atom is -0.439 e. The molecule has 1 heterocycles.